The maximum atomic E-state index is 18.1. The lowest BCUT2D eigenvalue weighted by Gasteiger charge is -2.63. The van der Waals surface area contributed by atoms with Crippen molar-refractivity contribution in [3.05, 3.63) is 36.0 Å². The Morgan fingerprint density at radius 1 is 1.17 bits per heavy atom. The molecule has 3 fully saturated rings. The molecule has 41 heavy (non-hydrogen) atoms. The number of thioether (sulfide) groups is 1. The van der Waals surface area contributed by atoms with Gasteiger partial charge in [-0.15, -0.1) is 0 Å². The van der Waals surface area contributed by atoms with Gasteiger partial charge in [-0.05, 0) is 61.6 Å². The van der Waals surface area contributed by atoms with Crippen molar-refractivity contribution in [2.75, 3.05) is 6.01 Å². The number of carbonyl (C=O) groups excluding carboxylic acids is 4. The van der Waals surface area contributed by atoms with E-state index in [0.29, 0.717) is 23.9 Å². The summed E-state index contributed by atoms with van der Waals surface area (Å²) in [6.45, 7) is 6.18. The first-order chi connectivity index (χ1) is 19.1. The molecule has 0 aromatic rings. The van der Waals surface area contributed by atoms with Crippen molar-refractivity contribution in [1.82, 2.24) is 0 Å². The van der Waals surface area contributed by atoms with Crippen molar-refractivity contribution in [2.45, 2.75) is 76.9 Å². The molecule has 12 heteroatoms. The Hall–Kier alpha value is -2.89. The third-order valence-corrected chi connectivity index (χ3v) is 10.5. The molecule has 0 saturated heterocycles. The van der Waals surface area contributed by atoms with E-state index in [2.05, 4.69) is 0 Å². The highest BCUT2D eigenvalue weighted by Gasteiger charge is 2.79. The van der Waals surface area contributed by atoms with Crippen molar-refractivity contribution in [1.29, 1.82) is 0 Å². The Morgan fingerprint density at radius 3 is 2.46 bits per heavy atom. The zero-order valence-corrected chi connectivity index (χ0v) is 24.0. The topological polar surface area (TPSA) is 124 Å². The first kappa shape index (κ1) is 31.1. The van der Waals surface area contributed by atoms with E-state index in [4.69, 9.17) is 14.6 Å². The van der Waals surface area contributed by atoms with Crippen LogP contribution in [0.1, 0.15) is 53.4 Å². The van der Waals surface area contributed by atoms with E-state index in [0.717, 1.165) is 12.2 Å². The Morgan fingerprint density at radius 2 is 1.85 bits per heavy atom. The third kappa shape index (κ3) is 4.47. The van der Waals surface area contributed by atoms with Gasteiger partial charge < -0.3 is 14.6 Å². The number of alkyl halides is 3. The summed E-state index contributed by atoms with van der Waals surface area (Å²) < 4.78 is 59.0. The molecule has 0 radical (unpaired) electrons. The summed E-state index contributed by atoms with van der Waals surface area (Å²) in [6, 6.07) is -1.11. The molecular weight excluding hydrogens is 565 g/mol. The quantitative estimate of drug-likeness (QED) is 0.330. The molecule has 0 unspecified atom stereocenters. The summed E-state index contributed by atoms with van der Waals surface area (Å²) in [5.41, 5.74) is -7.71. The number of fused-ring (bicyclic) bond motifs is 5. The normalized spacial score (nSPS) is 41.2. The van der Waals surface area contributed by atoms with Crippen molar-refractivity contribution < 1.29 is 51.7 Å². The molecule has 4 rings (SSSR count). The number of rotatable bonds is 7. The summed E-state index contributed by atoms with van der Waals surface area (Å²) in [5.74, 6) is -6.58. The van der Waals surface area contributed by atoms with E-state index < -0.39 is 93.4 Å². The van der Waals surface area contributed by atoms with E-state index in [9.17, 15) is 28.4 Å². The number of aliphatic carboxylic acids is 1. The molecule has 1 N–H and O–H groups in total. The molecule has 224 valence electrons. The van der Waals surface area contributed by atoms with Crippen molar-refractivity contribution in [3.8, 4) is 0 Å². The maximum absolute atomic E-state index is 18.1. The van der Waals surface area contributed by atoms with Crippen LogP contribution in [0.3, 0.4) is 0 Å². The second-order valence-corrected chi connectivity index (χ2v) is 12.6. The van der Waals surface area contributed by atoms with Gasteiger partial charge in [0.15, 0.2) is 17.1 Å². The molecule has 4 aliphatic rings. The number of allylic oxidation sites excluding steroid dienone is 4. The lowest BCUT2D eigenvalue weighted by atomic mass is 9.44. The first-order valence-corrected chi connectivity index (χ1v) is 14.5. The van der Waals surface area contributed by atoms with Gasteiger partial charge in [-0.25, -0.2) is 22.8 Å². The molecule has 4 aliphatic carbocycles. The van der Waals surface area contributed by atoms with Gasteiger partial charge in [0.05, 0.1) is 0 Å². The van der Waals surface area contributed by atoms with Crippen LogP contribution in [-0.2, 0) is 33.4 Å². The summed E-state index contributed by atoms with van der Waals surface area (Å²) in [4.78, 5) is 62.4. The number of ketones is 1. The Labute approximate surface area is 239 Å². The Bertz CT molecular complexity index is 1260. The predicted molar refractivity (Wildman–Crippen MR) is 142 cm³/mol. The van der Waals surface area contributed by atoms with Crippen molar-refractivity contribution in [2.24, 2.45) is 28.6 Å². The second-order valence-electron chi connectivity index (χ2n) is 11.7. The van der Waals surface area contributed by atoms with Crippen LogP contribution in [0.25, 0.3) is 0 Å². The van der Waals surface area contributed by atoms with Crippen LogP contribution in [0, 0.1) is 28.6 Å². The summed E-state index contributed by atoms with van der Waals surface area (Å²) in [5, 5.41) is 8.18. The summed E-state index contributed by atoms with van der Waals surface area (Å²) in [7, 11) is 0. The lowest BCUT2D eigenvalue weighted by Crippen LogP contribution is -2.71. The van der Waals surface area contributed by atoms with Crippen molar-refractivity contribution >= 4 is 40.6 Å². The van der Waals surface area contributed by atoms with Gasteiger partial charge >= 0.3 is 17.9 Å². The standard InChI is InChI=1S/C29H33F3O8S/c1-5-23(36)40-29(25(38)41-14-30)15(2)10-17-18-12-20(31)19-11-16(33)8-9-26(19,3)28(18,32)21(13-27(17,29)4)39-24(37)7-6-22(34)35/h6-9,11,15,17-18,20-21H,5,10,12-14H2,1-4H3,(H,34,35)/b7-6+/t15-,17+,18+,20+,21+,26+,27+,28+,29+/m1/s1. The average Bonchev–Trinajstić information content (AvgIpc) is 3.12. The van der Waals surface area contributed by atoms with Crippen LogP contribution in [0.2, 0.25) is 0 Å². The number of carbonyl (C=O) groups is 5. The first-order valence-electron chi connectivity index (χ1n) is 13.5. The molecule has 0 aromatic carbocycles. The van der Waals surface area contributed by atoms with Crippen LogP contribution in [-0.4, -0.2) is 63.5 Å². The molecule has 9 atom stereocenters. The molecule has 0 aliphatic heterocycles. The molecule has 0 bridgehead atoms. The highest BCUT2D eigenvalue weighted by atomic mass is 32.2. The molecule has 3 saturated carbocycles. The molecule has 0 spiro atoms. The van der Waals surface area contributed by atoms with Crippen LogP contribution >= 0.6 is 11.8 Å². The fraction of sp³-hybridized carbons (Fsp3) is 0.621. The van der Waals surface area contributed by atoms with Crippen LogP contribution < -0.4 is 0 Å². The van der Waals surface area contributed by atoms with Gasteiger partial charge in [0.1, 0.15) is 18.3 Å². The maximum Gasteiger partial charge on any atom is 0.331 e. The van der Waals surface area contributed by atoms with Crippen molar-refractivity contribution in [3.63, 3.8) is 0 Å². The van der Waals surface area contributed by atoms with Gasteiger partial charge in [0, 0.05) is 41.2 Å². The SMILES string of the molecule is CCC(=O)O[C@]1(C(=O)SCF)[C@H](C)C[C@H]2[C@@H]3C[C@H](F)C4=CC(=O)C=C[C@]4(C)[C@@]3(F)[C@@H](OC(=O)/C=C/C(=O)O)C[C@@]21C. The van der Waals surface area contributed by atoms with Gasteiger partial charge in [-0.3, -0.25) is 14.4 Å². The van der Waals surface area contributed by atoms with E-state index in [1.165, 1.54) is 19.9 Å². The fourth-order valence-corrected chi connectivity index (χ4v) is 8.83. The largest absolute Gasteiger partial charge is 0.478 e. The molecular formula is C29H33F3O8S. The monoisotopic (exact) mass is 598 g/mol. The minimum absolute atomic E-state index is 0.102. The van der Waals surface area contributed by atoms with Gasteiger partial charge in [-0.1, -0.05) is 26.8 Å². The number of ether oxygens (including phenoxy) is 2. The van der Waals surface area contributed by atoms with E-state index in [-0.39, 0.29) is 24.8 Å². The minimum atomic E-state index is -2.50. The summed E-state index contributed by atoms with van der Waals surface area (Å²) in [6.07, 6.45) is 0.393. The number of esters is 2. The average molecular weight is 599 g/mol. The van der Waals surface area contributed by atoms with Crippen LogP contribution in [0.5, 0.6) is 0 Å². The fourth-order valence-electron chi connectivity index (χ4n) is 8.04. The van der Waals surface area contributed by atoms with E-state index in [1.807, 2.05) is 0 Å². The van der Waals surface area contributed by atoms with Gasteiger partial charge in [0.25, 0.3) is 0 Å². The van der Waals surface area contributed by atoms with Gasteiger partial charge in [0.2, 0.25) is 5.12 Å². The van der Waals surface area contributed by atoms with Gasteiger partial charge in [-0.2, -0.15) is 0 Å². The number of hydrogen-bond acceptors (Lipinski definition) is 8. The molecule has 8 nitrogen and oxygen atoms in total. The highest BCUT2D eigenvalue weighted by molar-refractivity contribution is 8.13. The highest BCUT2D eigenvalue weighted by Crippen LogP contribution is 2.72. The van der Waals surface area contributed by atoms with E-state index >= 15 is 8.78 Å². The number of hydrogen-bond donors (Lipinski definition) is 1. The third-order valence-electron chi connectivity index (χ3n) is 9.82. The summed E-state index contributed by atoms with van der Waals surface area (Å²) >= 11 is 0.318. The zero-order valence-electron chi connectivity index (χ0n) is 23.2. The number of halogens is 3. The minimum Gasteiger partial charge on any atom is -0.478 e. The van der Waals surface area contributed by atoms with Crippen LogP contribution in [0.4, 0.5) is 13.2 Å². The predicted octanol–water partition coefficient (Wildman–Crippen LogP) is 4.62. The number of carboxylic acids is 1. The Balaban J connectivity index is 1.94. The second kappa shape index (κ2) is 10.7. The smallest absolute Gasteiger partial charge is 0.331 e. The lowest BCUT2D eigenvalue weighted by molar-refractivity contribution is -0.235. The zero-order chi connectivity index (χ0) is 30.5. The number of carboxylic acid groups (broad SMARTS) is 1. The van der Waals surface area contributed by atoms with Crippen LogP contribution in [0.15, 0.2) is 36.0 Å². The Kier molecular flexibility index (Phi) is 8.14. The molecule has 0 aromatic heterocycles. The molecule has 0 heterocycles. The molecule has 0 amide bonds. The van der Waals surface area contributed by atoms with E-state index in [1.54, 1.807) is 13.8 Å².